The van der Waals surface area contributed by atoms with E-state index in [4.69, 9.17) is 23.4 Å². The molecule has 0 saturated heterocycles. The van der Waals surface area contributed by atoms with Crippen LogP contribution in [-0.4, -0.2) is 74.3 Å². The average molecular weight is 692 g/mol. The predicted octanol–water partition coefficient (Wildman–Crippen LogP) is 7.01. The molecule has 0 fully saturated rings. The van der Waals surface area contributed by atoms with Crippen LogP contribution < -0.4 is 9.64 Å². The molecule has 0 aliphatic carbocycles. The Hall–Kier alpha value is -4.27. The van der Waals surface area contributed by atoms with Gasteiger partial charge in [-0.3, -0.25) is 0 Å². The van der Waals surface area contributed by atoms with Crippen molar-refractivity contribution in [3.05, 3.63) is 34.6 Å². The van der Waals surface area contributed by atoms with E-state index >= 15 is 0 Å². The van der Waals surface area contributed by atoms with Crippen LogP contribution in [-0.2, 0) is 20.8 Å². The number of hydrogen-bond acceptors (Lipinski definition) is 12. The SMILES string of the molecule is COc1cc(CN(C)C(=O)OC(C)(C)C)ccc1-c1nnc(-c2nc(Br)cnc2N(C(=O)OC(C)(C)C)C(=O)OC(C)(C)C)o1. The number of ether oxygens (including phenoxy) is 4. The first-order valence-electron chi connectivity index (χ1n) is 13.9. The number of benzene rings is 1. The normalized spacial score (nSPS) is 11.9. The summed E-state index contributed by atoms with van der Waals surface area (Å²) in [6.45, 7) is 15.6. The van der Waals surface area contributed by atoms with Crippen LogP contribution in [0.4, 0.5) is 20.2 Å². The van der Waals surface area contributed by atoms with Crippen LogP contribution in [0.3, 0.4) is 0 Å². The monoisotopic (exact) mass is 690 g/mol. The molecule has 15 heteroatoms. The first-order chi connectivity index (χ1) is 20.7. The van der Waals surface area contributed by atoms with Gasteiger partial charge < -0.3 is 28.3 Å². The number of carbonyl (C=O) groups is 3. The van der Waals surface area contributed by atoms with Crippen LogP contribution in [0.5, 0.6) is 5.75 Å². The second-order valence-corrected chi connectivity index (χ2v) is 13.8. The standard InChI is InChI=1S/C30H39BrN6O8/c1-28(2,3)43-25(38)36(10)16-17-12-13-18(19(14-17)41-11)23-34-35-24(42-23)21-22(32-15-20(31)33-21)37(26(39)44-29(4,5)6)27(40)45-30(7,8)9/h12-15H,16H2,1-11H3. The van der Waals surface area contributed by atoms with Crippen molar-refractivity contribution in [2.24, 2.45) is 0 Å². The molecule has 3 amide bonds. The van der Waals surface area contributed by atoms with Crippen molar-refractivity contribution in [3.8, 4) is 28.8 Å². The van der Waals surface area contributed by atoms with Gasteiger partial charge in [-0.2, -0.15) is 4.90 Å². The molecular weight excluding hydrogens is 652 g/mol. The van der Waals surface area contributed by atoms with E-state index in [1.165, 1.54) is 18.2 Å². The lowest BCUT2D eigenvalue weighted by molar-refractivity contribution is 0.0283. The number of methoxy groups -OCH3 is 1. The minimum absolute atomic E-state index is 0.0581. The van der Waals surface area contributed by atoms with Gasteiger partial charge in [-0.1, -0.05) is 6.07 Å². The Morgan fingerprint density at radius 1 is 0.844 bits per heavy atom. The van der Waals surface area contributed by atoms with Gasteiger partial charge in [-0.05, 0) is 95.9 Å². The van der Waals surface area contributed by atoms with Gasteiger partial charge in [-0.25, -0.2) is 24.4 Å². The lowest BCUT2D eigenvalue weighted by Gasteiger charge is -2.28. The second kappa shape index (κ2) is 13.4. The highest BCUT2D eigenvalue weighted by atomic mass is 79.9. The zero-order valence-electron chi connectivity index (χ0n) is 27.3. The van der Waals surface area contributed by atoms with Gasteiger partial charge in [0.25, 0.3) is 11.8 Å². The van der Waals surface area contributed by atoms with E-state index in [1.807, 2.05) is 0 Å². The lowest BCUT2D eigenvalue weighted by Crippen LogP contribution is -2.44. The maximum absolute atomic E-state index is 13.3. The number of aromatic nitrogens is 4. The zero-order valence-corrected chi connectivity index (χ0v) is 28.9. The minimum Gasteiger partial charge on any atom is -0.496 e. The van der Waals surface area contributed by atoms with Crippen molar-refractivity contribution < 1.29 is 37.7 Å². The molecule has 0 radical (unpaired) electrons. The molecule has 0 saturated carbocycles. The molecule has 0 aliphatic rings. The van der Waals surface area contributed by atoms with E-state index in [1.54, 1.807) is 87.6 Å². The fraction of sp³-hybridized carbons (Fsp3) is 0.500. The third-order valence-electron chi connectivity index (χ3n) is 5.34. The summed E-state index contributed by atoms with van der Waals surface area (Å²) in [6, 6.07) is 5.21. The molecule has 14 nitrogen and oxygen atoms in total. The lowest BCUT2D eigenvalue weighted by atomic mass is 10.1. The minimum atomic E-state index is -1.04. The molecule has 45 heavy (non-hydrogen) atoms. The van der Waals surface area contributed by atoms with Crippen LogP contribution >= 0.6 is 15.9 Å². The Bertz CT molecular complexity index is 1530. The summed E-state index contributed by atoms with van der Waals surface area (Å²) in [7, 11) is 3.11. The number of carbonyl (C=O) groups excluding carboxylic acids is 3. The first-order valence-corrected chi connectivity index (χ1v) is 14.7. The van der Waals surface area contributed by atoms with E-state index in [-0.39, 0.29) is 34.4 Å². The molecular formula is C30H39BrN6O8. The van der Waals surface area contributed by atoms with Crippen molar-refractivity contribution in [3.63, 3.8) is 0 Å². The van der Waals surface area contributed by atoms with Crippen molar-refractivity contribution in [2.75, 3.05) is 19.1 Å². The Balaban J connectivity index is 2.01. The van der Waals surface area contributed by atoms with Gasteiger partial charge in [0.2, 0.25) is 0 Å². The van der Waals surface area contributed by atoms with Gasteiger partial charge >= 0.3 is 18.3 Å². The number of nitrogens with zero attached hydrogens (tertiary/aromatic N) is 6. The molecule has 0 bridgehead atoms. The number of imide groups is 1. The zero-order chi connectivity index (χ0) is 33.9. The number of anilines is 1. The molecule has 0 unspecified atom stereocenters. The molecule has 3 aromatic rings. The molecule has 244 valence electrons. The summed E-state index contributed by atoms with van der Waals surface area (Å²) in [5.74, 6) is 0.0544. The van der Waals surface area contributed by atoms with Crippen molar-refractivity contribution in [2.45, 2.75) is 85.7 Å². The van der Waals surface area contributed by atoms with Gasteiger partial charge in [0.1, 0.15) is 27.2 Å². The topological polar surface area (TPSA) is 159 Å². The molecule has 0 atom stereocenters. The van der Waals surface area contributed by atoms with Crippen LogP contribution in [0.1, 0.15) is 67.9 Å². The molecule has 2 heterocycles. The fourth-order valence-electron chi connectivity index (χ4n) is 3.65. The number of amides is 3. The Kier molecular flexibility index (Phi) is 10.5. The van der Waals surface area contributed by atoms with E-state index in [9.17, 15) is 14.4 Å². The number of rotatable bonds is 6. The molecule has 3 rings (SSSR count). The second-order valence-electron chi connectivity index (χ2n) is 12.9. The van der Waals surface area contributed by atoms with Crippen LogP contribution in [0.2, 0.25) is 0 Å². The Morgan fingerprint density at radius 2 is 1.38 bits per heavy atom. The molecule has 1 aromatic carbocycles. The van der Waals surface area contributed by atoms with Crippen molar-refractivity contribution >= 4 is 40.0 Å². The van der Waals surface area contributed by atoms with Gasteiger partial charge in [0, 0.05) is 13.6 Å². The third kappa shape index (κ3) is 9.86. The summed E-state index contributed by atoms with van der Waals surface area (Å²) >= 11 is 3.27. The van der Waals surface area contributed by atoms with Crippen molar-refractivity contribution in [1.29, 1.82) is 0 Å². The van der Waals surface area contributed by atoms with Crippen LogP contribution in [0.15, 0.2) is 33.4 Å². The highest BCUT2D eigenvalue weighted by Gasteiger charge is 2.37. The van der Waals surface area contributed by atoms with E-state index in [0.29, 0.717) is 16.2 Å². The Labute approximate surface area is 270 Å². The molecule has 0 N–H and O–H groups in total. The van der Waals surface area contributed by atoms with Crippen LogP contribution in [0.25, 0.3) is 23.0 Å². The smallest absolute Gasteiger partial charge is 0.425 e. The summed E-state index contributed by atoms with van der Waals surface area (Å²) < 4.78 is 28.2. The van der Waals surface area contributed by atoms with Gasteiger partial charge in [-0.15, -0.1) is 10.2 Å². The molecule has 2 aromatic heterocycles. The van der Waals surface area contributed by atoms with E-state index < -0.39 is 35.1 Å². The summed E-state index contributed by atoms with van der Waals surface area (Å²) in [5, 5.41) is 8.28. The van der Waals surface area contributed by atoms with E-state index in [0.717, 1.165) is 5.56 Å². The summed E-state index contributed by atoms with van der Waals surface area (Å²) in [5.41, 5.74) is -1.40. The maximum Gasteiger partial charge on any atom is 0.425 e. The quantitative estimate of drug-likeness (QED) is 0.244. The van der Waals surface area contributed by atoms with Crippen molar-refractivity contribution in [1.82, 2.24) is 25.1 Å². The number of halogens is 1. The highest BCUT2D eigenvalue weighted by Crippen LogP contribution is 2.35. The third-order valence-corrected chi connectivity index (χ3v) is 5.72. The first kappa shape index (κ1) is 35.2. The largest absolute Gasteiger partial charge is 0.496 e. The molecule has 0 spiro atoms. The highest BCUT2D eigenvalue weighted by molar-refractivity contribution is 9.10. The van der Waals surface area contributed by atoms with Gasteiger partial charge in [0.15, 0.2) is 11.5 Å². The van der Waals surface area contributed by atoms with Crippen LogP contribution in [0, 0.1) is 0 Å². The summed E-state index contributed by atoms with van der Waals surface area (Å²) in [6.07, 6.45) is -1.25. The average Bonchev–Trinajstić information content (AvgIpc) is 3.36. The fourth-order valence-corrected chi connectivity index (χ4v) is 3.93. The number of hydrogen-bond donors (Lipinski definition) is 0. The van der Waals surface area contributed by atoms with E-state index in [2.05, 4.69) is 36.1 Å². The summed E-state index contributed by atoms with van der Waals surface area (Å²) in [4.78, 5) is 49.7. The molecule has 0 aliphatic heterocycles. The predicted molar refractivity (Wildman–Crippen MR) is 168 cm³/mol. The maximum atomic E-state index is 13.3. The van der Waals surface area contributed by atoms with Gasteiger partial charge in [0.05, 0.1) is 18.9 Å². The Morgan fingerprint density at radius 3 is 1.91 bits per heavy atom.